The monoisotopic (exact) mass is 554 g/mol. The van der Waals surface area contributed by atoms with Gasteiger partial charge in [0, 0.05) is 17.5 Å². The predicted octanol–water partition coefficient (Wildman–Crippen LogP) is 11.0. The first-order valence-electron chi connectivity index (χ1n) is 17.0. The highest BCUT2D eigenvalue weighted by Crippen LogP contribution is 2.45. The SMILES string of the molecule is CCCCCCCC1CCC(c2ccc(C#Cc3ccc(C4(CCCCCCC(=O)O)CCCC4)cc3)cc2)CC1. The first-order valence-corrected chi connectivity index (χ1v) is 17.0. The number of unbranched alkanes of at least 4 members (excludes halogenated alkanes) is 7. The van der Waals surface area contributed by atoms with E-state index in [0.29, 0.717) is 11.8 Å². The summed E-state index contributed by atoms with van der Waals surface area (Å²) in [5, 5.41) is 8.85. The lowest BCUT2D eigenvalue weighted by Gasteiger charge is -2.30. The summed E-state index contributed by atoms with van der Waals surface area (Å²) in [6.45, 7) is 2.30. The zero-order chi connectivity index (χ0) is 28.8. The molecule has 2 aliphatic rings. The highest BCUT2D eigenvalue weighted by molar-refractivity contribution is 5.66. The van der Waals surface area contributed by atoms with Crippen molar-refractivity contribution in [2.45, 2.75) is 147 Å². The molecule has 2 aliphatic carbocycles. The van der Waals surface area contributed by atoms with Crippen molar-refractivity contribution in [3.05, 3.63) is 70.8 Å². The molecule has 0 bridgehead atoms. The number of hydrogen-bond acceptors (Lipinski definition) is 1. The Balaban J connectivity index is 1.24. The Morgan fingerprint density at radius 2 is 1.34 bits per heavy atom. The molecule has 2 nitrogen and oxygen atoms in total. The maximum absolute atomic E-state index is 10.7. The number of carbonyl (C=O) groups is 1. The van der Waals surface area contributed by atoms with Crippen LogP contribution in [0.3, 0.4) is 0 Å². The zero-order valence-electron chi connectivity index (χ0n) is 25.8. The molecule has 1 N–H and O–H groups in total. The Bertz CT molecular complexity index is 1090. The van der Waals surface area contributed by atoms with Crippen molar-refractivity contribution in [3.8, 4) is 11.8 Å². The van der Waals surface area contributed by atoms with Crippen molar-refractivity contribution in [2.24, 2.45) is 5.92 Å². The Morgan fingerprint density at radius 1 is 0.756 bits per heavy atom. The number of benzene rings is 2. The molecule has 2 saturated carbocycles. The Kier molecular flexibility index (Phi) is 12.9. The molecule has 0 unspecified atom stereocenters. The molecule has 0 radical (unpaired) electrons. The van der Waals surface area contributed by atoms with Crippen LogP contribution in [0.1, 0.15) is 164 Å². The molecule has 222 valence electrons. The minimum atomic E-state index is -0.673. The van der Waals surface area contributed by atoms with Crippen molar-refractivity contribution < 1.29 is 9.90 Å². The highest BCUT2D eigenvalue weighted by Gasteiger charge is 2.34. The summed E-state index contributed by atoms with van der Waals surface area (Å²) in [4.78, 5) is 10.7. The van der Waals surface area contributed by atoms with Gasteiger partial charge in [-0.3, -0.25) is 4.79 Å². The maximum Gasteiger partial charge on any atom is 0.303 e. The van der Waals surface area contributed by atoms with Gasteiger partial charge >= 0.3 is 5.97 Å². The number of aliphatic carboxylic acids is 1. The van der Waals surface area contributed by atoms with E-state index in [-0.39, 0.29) is 0 Å². The Hall–Kier alpha value is -2.53. The van der Waals surface area contributed by atoms with Gasteiger partial charge in [0.05, 0.1) is 0 Å². The average molecular weight is 555 g/mol. The largest absolute Gasteiger partial charge is 0.481 e. The summed E-state index contributed by atoms with van der Waals surface area (Å²) < 4.78 is 0. The summed E-state index contributed by atoms with van der Waals surface area (Å²) in [6, 6.07) is 18.2. The summed E-state index contributed by atoms with van der Waals surface area (Å²) in [7, 11) is 0. The van der Waals surface area contributed by atoms with Crippen LogP contribution in [-0.2, 0) is 10.2 Å². The van der Waals surface area contributed by atoms with Gasteiger partial charge in [-0.2, -0.15) is 0 Å². The fourth-order valence-corrected chi connectivity index (χ4v) is 7.54. The van der Waals surface area contributed by atoms with Gasteiger partial charge in [0.2, 0.25) is 0 Å². The Morgan fingerprint density at radius 3 is 1.98 bits per heavy atom. The molecule has 0 amide bonds. The molecule has 2 aromatic rings. The third-order valence-corrected chi connectivity index (χ3v) is 10.1. The molecule has 0 saturated heterocycles. The molecule has 41 heavy (non-hydrogen) atoms. The van der Waals surface area contributed by atoms with Crippen molar-refractivity contribution in [2.75, 3.05) is 0 Å². The molecule has 0 aliphatic heterocycles. The second-order valence-corrected chi connectivity index (χ2v) is 13.2. The maximum atomic E-state index is 10.7. The van der Waals surface area contributed by atoms with E-state index in [9.17, 15) is 4.79 Å². The van der Waals surface area contributed by atoms with Gasteiger partial charge in [-0.05, 0) is 104 Å². The average Bonchev–Trinajstić information content (AvgIpc) is 3.48. The number of carboxylic acids is 1. The van der Waals surface area contributed by atoms with E-state index < -0.39 is 5.97 Å². The fraction of sp³-hybridized carbons (Fsp3) is 0.615. The lowest BCUT2D eigenvalue weighted by atomic mass is 9.74. The summed E-state index contributed by atoms with van der Waals surface area (Å²) in [6.07, 6.45) is 24.9. The second kappa shape index (κ2) is 16.8. The van der Waals surface area contributed by atoms with Crippen LogP contribution in [0, 0.1) is 17.8 Å². The van der Waals surface area contributed by atoms with E-state index in [1.165, 1.54) is 114 Å². The fourth-order valence-electron chi connectivity index (χ4n) is 7.54. The number of hydrogen-bond donors (Lipinski definition) is 1. The lowest BCUT2D eigenvalue weighted by Crippen LogP contribution is -2.22. The first-order chi connectivity index (χ1) is 20.1. The van der Waals surface area contributed by atoms with Crippen molar-refractivity contribution >= 4 is 5.97 Å². The van der Waals surface area contributed by atoms with Gasteiger partial charge in [-0.1, -0.05) is 114 Å². The Labute approximate surface area is 250 Å². The standard InChI is InChI=1S/C39H54O2/c1-2-3-4-5-8-13-32-17-23-35(24-18-32)36-25-19-33(20-26-36)15-16-34-21-27-37(28-22-34)39(30-11-12-31-39)29-10-7-6-9-14-38(40)41/h19-22,25-28,32,35H,2-14,17-18,23-24,29-31H2,1H3,(H,40,41). The summed E-state index contributed by atoms with van der Waals surface area (Å²) >= 11 is 0. The van der Waals surface area contributed by atoms with Crippen LogP contribution in [0.5, 0.6) is 0 Å². The molecule has 4 rings (SSSR count). The van der Waals surface area contributed by atoms with Crippen LogP contribution in [-0.4, -0.2) is 11.1 Å². The van der Waals surface area contributed by atoms with Crippen molar-refractivity contribution in [3.63, 3.8) is 0 Å². The van der Waals surface area contributed by atoms with Gasteiger partial charge in [0.25, 0.3) is 0 Å². The minimum Gasteiger partial charge on any atom is -0.481 e. The number of carboxylic acid groups (broad SMARTS) is 1. The molecule has 2 heteroatoms. The number of rotatable bonds is 15. The van der Waals surface area contributed by atoms with Crippen LogP contribution in [0.2, 0.25) is 0 Å². The minimum absolute atomic E-state index is 0.304. The van der Waals surface area contributed by atoms with E-state index in [1.807, 2.05) is 0 Å². The van der Waals surface area contributed by atoms with Gasteiger partial charge in [0.1, 0.15) is 0 Å². The van der Waals surface area contributed by atoms with Gasteiger partial charge in [0.15, 0.2) is 0 Å². The van der Waals surface area contributed by atoms with E-state index in [4.69, 9.17) is 5.11 Å². The second-order valence-electron chi connectivity index (χ2n) is 13.2. The highest BCUT2D eigenvalue weighted by atomic mass is 16.4. The van der Waals surface area contributed by atoms with Crippen LogP contribution >= 0.6 is 0 Å². The van der Waals surface area contributed by atoms with Gasteiger partial charge in [-0.25, -0.2) is 0 Å². The van der Waals surface area contributed by atoms with Crippen LogP contribution < -0.4 is 0 Å². The third-order valence-electron chi connectivity index (χ3n) is 10.1. The molecule has 0 aromatic heterocycles. The predicted molar refractivity (Wildman–Crippen MR) is 172 cm³/mol. The first kappa shape index (κ1) is 31.4. The molecule has 2 aromatic carbocycles. The van der Waals surface area contributed by atoms with Crippen LogP contribution in [0.15, 0.2) is 48.5 Å². The van der Waals surface area contributed by atoms with Gasteiger partial charge < -0.3 is 5.11 Å². The molecule has 0 atom stereocenters. The molecular formula is C39H54O2. The molecule has 0 spiro atoms. The van der Waals surface area contributed by atoms with Crippen molar-refractivity contribution in [1.82, 2.24) is 0 Å². The van der Waals surface area contributed by atoms with Gasteiger partial charge in [-0.15, -0.1) is 0 Å². The zero-order valence-corrected chi connectivity index (χ0v) is 25.8. The van der Waals surface area contributed by atoms with E-state index >= 15 is 0 Å². The summed E-state index contributed by atoms with van der Waals surface area (Å²) in [5.41, 5.74) is 5.48. The van der Waals surface area contributed by atoms with Crippen LogP contribution in [0.25, 0.3) is 0 Å². The van der Waals surface area contributed by atoms with E-state index in [0.717, 1.165) is 42.2 Å². The smallest absolute Gasteiger partial charge is 0.303 e. The summed E-state index contributed by atoms with van der Waals surface area (Å²) in [5.74, 6) is 7.83. The topological polar surface area (TPSA) is 37.3 Å². The molecular weight excluding hydrogens is 500 g/mol. The molecule has 0 heterocycles. The van der Waals surface area contributed by atoms with E-state index in [2.05, 4.69) is 67.3 Å². The molecule has 2 fully saturated rings. The van der Waals surface area contributed by atoms with Crippen molar-refractivity contribution in [1.29, 1.82) is 0 Å². The normalized spacial score (nSPS) is 19.9. The third kappa shape index (κ3) is 10.1. The quantitative estimate of drug-likeness (QED) is 0.176. The van der Waals surface area contributed by atoms with Crippen LogP contribution in [0.4, 0.5) is 0 Å². The lowest BCUT2D eigenvalue weighted by molar-refractivity contribution is -0.137. The van der Waals surface area contributed by atoms with E-state index in [1.54, 1.807) is 0 Å².